The fraction of sp³-hybridized carbons (Fsp3) is 0.917. The predicted molar refractivity (Wildman–Crippen MR) is 56.5 cm³/mol. The van der Waals surface area contributed by atoms with E-state index in [0.29, 0.717) is 0 Å². The third-order valence-electron chi connectivity index (χ3n) is 4.21. The molecule has 2 N–H and O–H groups in total. The first-order valence-corrected chi connectivity index (χ1v) is 5.79. The average Bonchev–Trinajstić information content (AvgIpc) is 2.00. The second-order valence-electron chi connectivity index (χ2n) is 5.88. The maximum Gasteiger partial charge on any atom is 0.223 e. The summed E-state index contributed by atoms with van der Waals surface area (Å²) in [5.74, 6) is 2.29. The van der Waals surface area contributed by atoms with Crippen LogP contribution in [0.25, 0.3) is 0 Å². The van der Waals surface area contributed by atoms with E-state index in [1.807, 2.05) is 0 Å². The largest absolute Gasteiger partial charge is 0.369 e. The zero-order chi connectivity index (χ0) is 10.3. The molecule has 2 fully saturated rings. The fourth-order valence-corrected chi connectivity index (χ4v) is 3.79. The van der Waals surface area contributed by atoms with Gasteiger partial charge in [0.2, 0.25) is 5.91 Å². The van der Waals surface area contributed by atoms with Crippen LogP contribution in [0.3, 0.4) is 0 Å². The van der Waals surface area contributed by atoms with E-state index >= 15 is 0 Å². The van der Waals surface area contributed by atoms with Crippen LogP contribution in [0, 0.1) is 23.2 Å². The Hall–Kier alpha value is -0.530. The van der Waals surface area contributed by atoms with Gasteiger partial charge in [-0.2, -0.15) is 0 Å². The molecule has 0 aromatic heterocycles. The van der Waals surface area contributed by atoms with Crippen LogP contribution in [-0.4, -0.2) is 5.91 Å². The highest BCUT2D eigenvalue weighted by Crippen LogP contribution is 2.49. The molecule has 2 heteroatoms. The maximum absolute atomic E-state index is 11.4. The number of rotatable bonds is 1. The molecule has 2 aliphatic rings. The quantitative estimate of drug-likeness (QED) is 0.685. The van der Waals surface area contributed by atoms with E-state index in [0.717, 1.165) is 30.6 Å². The zero-order valence-electron chi connectivity index (χ0n) is 9.25. The molecule has 0 spiro atoms. The zero-order valence-corrected chi connectivity index (χ0v) is 9.25. The highest BCUT2D eigenvalue weighted by molar-refractivity contribution is 5.80. The molecule has 2 bridgehead atoms. The van der Waals surface area contributed by atoms with Gasteiger partial charge in [-0.05, 0) is 49.9 Å². The molecule has 0 aliphatic heterocycles. The van der Waals surface area contributed by atoms with E-state index in [1.54, 1.807) is 0 Å². The van der Waals surface area contributed by atoms with Gasteiger partial charge in [0.1, 0.15) is 0 Å². The summed E-state index contributed by atoms with van der Waals surface area (Å²) in [6, 6.07) is 0. The highest BCUT2D eigenvalue weighted by Gasteiger charge is 2.43. The van der Waals surface area contributed by atoms with Crippen LogP contribution < -0.4 is 5.73 Å². The van der Waals surface area contributed by atoms with Gasteiger partial charge in [-0.3, -0.25) is 4.79 Å². The average molecular weight is 195 g/mol. The van der Waals surface area contributed by atoms with Gasteiger partial charge in [0.05, 0.1) is 0 Å². The van der Waals surface area contributed by atoms with Gasteiger partial charge in [0.25, 0.3) is 0 Å². The second-order valence-corrected chi connectivity index (χ2v) is 5.88. The smallest absolute Gasteiger partial charge is 0.223 e. The number of carbonyl (C=O) groups excluding carboxylic acids is 1. The van der Waals surface area contributed by atoms with E-state index in [2.05, 4.69) is 13.8 Å². The molecule has 14 heavy (non-hydrogen) atoms. The summed E-state index contributed by atoms with van der Waals surface area (Å²) in [6.07, 6.45) is 6.01. The molecule has 2 aliphatic carbocycles. The summed E-state index contributed by atoms with van der Waals surface area (Å²) in [5, 5.41) is 0. The number of primary amides is 1. The Balaban J connectivity index is 2.12. The summed E-state index contributed by atoms with van der Waals surface area (Å²) in [7, 11) is 0. The first-order chi connectivity index (χ1) is 6.49. The number of fused-ring (bicyclic) bond motifs is 2. The minimum absolute atomic E-state index is 0.0817. The van der Waals surface area contributed by atoms with Crippen molar-refractivity contribution in [3.63, 3.8) is 0 Å². The SMILES string of the molecule is CC1CC2CC(C1)CC(C)(C(N)=O)C2. The van der Waals surface area contributed by atoms with E-state index in [4.69, 9.17) is 5.73 Å². The first-order valence-electron chi connectivity index (χ1n) is 5.79. The van der Waals surface area contributed by atoms with Crippen LogP contribution in [0.5, 0.6) is 0 Å². The molecule has 2 nitrogen and oxygen atoms in total. The lowest BCUT2D eigenvalue weighted by atomic mass is 9.59. The van der Waals surface area contributed by atoms with E-state index in [-0.39, 0.29) is 11.3 Å². The Bertz CT molecular complexity index is 231. The summed E-state index contributed by atoms with van der Waals surface area (Å²) < 4.78 is 0. The van der Waals surface area contributed by atoms with Crippen LogP contribution in [0.4, 0.5) is 0 Å². The van der Waals surface area contributed by atoms with Crippen molar-refractivity contribution >= 4 is 5.91 Å². The molecule has 1 amide bonds. The minimum Gasteiger partial charge on any atom is -0.369 e. The van der Waals surface area contributed by atoms with E-state index < -0.39 is 0 Å². The Morgan fingerprint density at radius 2 is 1.71 bits per heavy atom. The van der Waals surface area contributed by atoms with Crippen molar-refractivity contribution in [1.82, 2.24) is 0 Å². The van der Waals surface area contributed by atoms with Crippen molar-refractivity contribution in [2.75, 3.05) is 0 Å². The molecule has 0 saturated heterocycles. The van der Waals surface area contributed by atoms with Crippen molar-refractivity contribution in [3.8, 4) is 0 Å². The molecule has 2 atom stereocenters. The fourth-order valence-electron chi connectivity index (χ4n) is 3.79. The van der Waals surface area contributed by atoms with Crippen LogP contribution in [0.15, 0.2) is 0 Å². The van der Waals surface area contributed by atoms with Gasteiger partial charge in [0.15, 0.2) is 0 Å². The van der Waals surface area contributed by atoms with Gasteiger partial charge < -0.3 is 5.73 Å². The number of amides is 1. The topological polar surface area (TPSA) is 43.1 Å². The monoisotopic (exact) mass is 195 g/mol. The van der Waals surface area contributed by atoms with Gasteiger partial charge in [-0.25, -0.2) is 0 Å². The highest BCUT2D eigenvalue weighted by atomic mass is 16.1. The van der Waals surface area contributed by atoms with Crippen molar-refractivity contribution in [3.05, 3.63) is 0 Å². The molecule has 0 heterocycles. The lowest BCUT2D eigenvalue weighted by molar-refractivity contribution is -0.131. The predicted octanol–water partition coefficient (Wildman–Crippen LogP) is 2.32. The van der Waals surface area contributed by atoms with Crippen molar-refractivity contribution in [2.24, 2.45) is 28.9 Å². The summed E-state index contributed by atoms with van der Waals surface area (Å²) >= 11 is 0. The molecule has 2 saturated carbocycles. The Labute approximate surface area is 86.2 Å². The lowest BCUT2D eigenvalue weighted by Crippen LogP contribution is -2.43. The number of nitrogens with two attached hydrogens (primary N) is 1. The Morgan fingerprint density at radius 1 is 1.21 bits per heavy atom. The lowest BCUT2D eigenvalue weighted by Gasteiger charge is -2.45. The van der Waals surface area contributed by atoms with E-state index in [9.17, 15) is 4.79 Å². The second kappa shape index (κ2) is 3.25. The van der Waals surface area contributed by atoms with Crippen LogP contribution in [0.1, 0.15) is 46.0 Å². The maximum atomic E-state index is 11.4. The summed E-state index contributed by atoms with van der Waals surface area (Å²) in [5.41, 5.74) is 5.30. The van der Waals surface area contributed by atoms with Gasteiger partial charge in [-0.15, -0.1) is 0 Å². The van der Waals surface area contributed by atoms with Crippen LogP contribution >= 0.6 is 0 Å². The van der Waals surface area contributed by atoms with Gasteiger partial charge >= 0.3 is 0 Å². The number of hydrogen-bond donors (Lipinski definition) is 1. The molecule has 0 aromatic carbocycles. The first kappa shape index (κ1) is 10.0. The molecule has 0 radical (unpaired) electrons. The van der Waals surface area contributed by atoms with Crippen LogP contribution in [0.2, 0.25) is 0 Å². The third-order valence-corrected chi connectivity index (χ3v) is 4.21. The standard InChI is InChI=1S/C12H21NO/c1-8-3-9-5-10(4-8)7-12(2,6-9)11(13)14/h8-10H,3-7H2,1-2H3,(H2,13,14). The third kappa shape index (κ3) is 1.67. The Morgan fingerprint density at radius 3 is 2.14 bits per heavy atom. The number of carbonyl (C=O) groups is 1. The van der Waals surface area contributed by atoms with Gasteiger partial charge in [0, 0.05) is 5.41 Å². The molecular formula is C12H21NO. The van der Waals surface area contributed by atoms with Crippen LogP contribution in [-0.2, 0) is 4.79 Å². The summed E-state index contributed by atoms with van der Waals surface area (Å²) in [4.78, 5) is 11.4. The van der Waals surface area contributed by atoms with Crippen molar-refractivity contribution in [1.29, 1.82) is 0 Å². The molecular weight excluding hydrogens is 174 g/mol. The normalized spacial score (nSPS) is 47.4. The van der Waals surface area contributed by atoms with Crippen molar-refractivity contribution < 1.29 is 4.79 Å². The van der Waals surface area contributed by atoms with Gasteiger partial charge in [-0.1, -0.05) is 13.8 Å². The molecule has 0 aromatic rings. The minimum atomic E-state index is -0.201. The molecule has 2 rings (SSSR count). The molecule has 2 unspecified atom stereocenters. The Kier molecular flexibility index (Phi) is 2.32. The number of hydrogen-bond acceptors (Lipinski definition) is 1. The summed E-state index contributed by atoms with van der Waals surface area (Å²) in [6.45, 7) is 4.40. The van der Waals surface area contributed by atoms with E-state index in [1.165, 1.54) is 19.3 Å². The molecule has 80 valence electrons. The van der Waals surface area contributed by atoms with Crippen molar-refractivity contribution in [2.45, 2.75) is 46.0 Å².